The van der Waals surface area contributed by atoms with Gasteiger partial charge in [-0.1, -0.05) is 15.9 Å². The van der Waals surface area contributed by atoms with Crippen LogP contribution in [0.3, 0.4) is 0 Å². The Balaban J connectivity index is 2.13. The van der Waals surface area contributed by atoms with Crippen molar-refractivity contribution in [1.82, 2.24) is 5.32 Å². The van der Waals surface area contributed by atoms with Gasteiger partial charge in [0.05, 0.1) is 13.2 Å². The first-order valence-electron chi connectivity index (χ1n) is 5.42. The van der Waals surface area contributed by atoms with Crippen LogP contribution in [0, 0.1) is 0 Å². The number of nitrogens with zero attached hydrogens (tertiary/aromatic N) is 1. The molecule has 1 fully saturated rings. The van der Waals surface area contributed by atoms with E-state index >= 15 is 0 Å². The van der Waals surface area contributed by atoms with Crippen LogP contribution in [-0.2, 0) is 9.53 Å². The summed E-state index contributed by atoms with van der Waals surface area (Å²) in [7, 11) is 2.03. The Kier molecular flexibility index (Phi) is 3.69. The second kappa shape index (κ2) is 5.06. The molecule has 1 aliphatic heterocycles. The van der Waals surface area contributed by atoms with E-state index in [9.17, 15) is 4.79 Å². The van der Waals surface area contributed by atoms with Crippen molar-refractivity contribution in [3.05, 3.63) is 28.7 Å². The molecule has 0 bridgehead atoms. The fraction of sp³-hybridized carbons (Fsp3) is 0.417. The maximum absolute atomic E-state index is 10.4. The molecule has 17 heavy (non-hydrogen) atoms. The van der Waals surface area contributed by atoms with Gasteiger partial charge in [0, 0.05) is 23.8 Å². The lowest BCUT2D eigenvalue weighted by atomic mass is 9.94. The molecule has 1 aromatic carbocycles. The molecule has 1 aliphatic rings. The molecule has 2 rings (SSSR count). The Bertz CT molecular complexity index is 390. The summed E-state index contributed by atoms with van der Waals surface area (Å²) in [6.07, 6.45) is 0.732. The molecule has 1 amide bonds. The fourth-order valence-electron chi connectivity index (χ4n) is 1.92. The minimum Gasteiger partial charge on any atom is -0.376 e. The van der Waals surface area contributed by atoms with E-state index in [0.29, 0.717) is 19.8 Å². The average molecular weight is 299 g/mol. The van der Waals surface area contributed by atoms with Crippen LogP contribution in [-0.4, -0.2) is 38.8 Å². The number of carbonyl (C=O) groups excluding carboxylic acids is 1. The Morgan fingerprint density at radius 3 is 2.59 bits per heavy atom. The van der Waals surface area contributed by atoms with Gasteiger partial charge in [-0.05, 0) is 24.3 Å². The number of amides is 1. The first kappa shape index (κ1) is 12.4. The van der Waals surface area contributed by atoms with E-state index in [4.69, 9.17) is 4.74 Å². The zero-order chi connectivity index (χ0) is 12.3. The summed E-state index contributed by atoms with van der Waals surface area (Å²) in [6, 6.07) is 8.11. The van der Waals surface area contributed by atoms with E-state index in [2.05, 4.69) is 26.1 Å². The lowest BCUT2D eigenvalue weighted by Crippen LogP contribution is -2.66. The molecule has 1 saturated heterocycles. The molecule has 1 heterocycles. The largest absolute Gasteiger partial charge is 0.376 e. The summed E-state index contributed by atoms with van der Waals surface area (Å²) in [4.78, 5) is 12.6. The van der Waals surface area contributed by atoms with E-state index in [1.165, 1.54) is 0 Å². The fourth-order valence-corrected chi connectivity index (χ4v) is 2.19. The number of hydrogen-bond acceptors (Lipinski definition) is 3. The van der Waals surface area contributed by atoms with Crippen molar-refractivity contribution in [2.24, 2.45) is 0 Å². The molecule has 0 saturated carbocycles. The maximum atomic E-state index is 10.4. The van der Waals surface area contributed by atoms with Crippen LogP contribution >= 0.6 is 15.9 Å². The number of rotatable bonds is 5. The van der Waals surface area contributed by atoms with Gasteiger partial charge in [0.1, 0.15) is 5.54 Å². The predicted molar refractivity (Wildman–Crippen MR) is 70.2 cm³/mol. The molecule has 1 N–H and O–H groups in total. The van der Waals surface area contributed by atoms with Crippen molar-refractivity contribution in [2.75, 3.05) is 31.7 Å². The van der Waals surface area contributed by atoms with Gasteiger partial charge in [0.2, 0.25) is 6.41 Å². The summed E-state index contributed by atoms with van der Waals surface area (Å²) in [6.45, 7) is 1.88. The highest BCUT2D eigenvalue weighted by molar-refractivity contribution is 9.10. The van der Waals surface area contributed by atoms with Gasteiger partial charge in [0.25, 0.3) is 0 Å². The number of halogens is 1. The smallest absolute Gasteiger partial charge is 0.207 e. The van der Waals surface area contributed by atoms with Crippen LogP contribution in [0.25, 0.3) is 0 Å². The van der Waals surface area contributed by atoms with Gasteiger partial charge in [0.15, 0.2) is 0 Å². The summed E-state index contributed by atoms with van der Waals surface area (Å²) in [5.41, 5.74) is 0.999. The van der Waals surface area contributed by atoms with Gasteiger partial charge in [-0.25, -0.2) is 0 Å². The minimum absolute atomic E-state index is 0.116. The predicted octanol–water partition coefficient (Wildman–Crippen LogP) is 1.40. The first-order chi connectivity index (χ1) is 8.18. The topological polar surface area (TPSA) is 41.6 Å². The third-order valence-electron chi connectivity index (χ3n) is 3.18. The molecule has 4 nitrogen and oxygen atoms in total. The number of ether oxygens (including phenoxy) is 1. The maximum Gasteiger partial charge on any atom is 0.207 e. The quantitative estimate of drug-likeness (QED) is 0.836. The van der Waals surface area contributed by atoms with Crippen LogP contribution < -0.4 is 10.2 Å². The van der Waals surface area contributed by atoms with Crippen LogP contribution in [0.5, 0.6) is 0 Å². The van der Waals surface area contributed by atoms with Gasteiger partial charge < -0.3 is 15.0 Å². The molecule has 0 radical (unpaired) electrons. The second-order valence-corrected chi connectivity index (χ2v) is 5.17. The molecule has 0 aliphatic carbocycles. The van der Waals surface area contributed by atoms with Crippen molar-refractivity contribution in [2.45, 2.75) is 5.54 Å². The van der Waals surface area contributed by atoms with E-state index < -0.39 is 0 Å². The monoisotopic (exact) mass is 298 g/mol. The molecule has 0 atom stereocenters. The SMILES string of the molecule is CN(c1ccc(Br)cc1)C1(CNC=O)COC1. The Morgan fingerprint density at radius 2 is 2.12 bits per heavy atom. The van der Waals surface area contributed by atoms with Crippen molar-refractivity contribution >= 4 is 28.0 Å². The number of likely N-dealkylation sites (N-methyl/N-ethyl adjacent to an activating group) is 1. The Labute approximate surface area is 109 Å². The van der Waals surface area contributed by atoms with Crippen LogP contribution in [0.4, 0.5) is 5.69 Å². The van der Waals surface area contributed by atoms with Gasteiger partial charge in [-0.2, -0.15) is 0 Å². The van der Waals surface area contributed by atoms with Crippen molar-refractivity contribution < 1.29 is 9.53 Å². The Morgan fingerprint density at radius 1 is 1.47 bits per heavy atom. The summed E-state index contributed by atoms with van der Waals surface area (Å²) in [5.74, 6) is 0. The van der Waals surface area contributed by atoms with E-state index in [1.807, 2.05) is 31.3 Å². The first-order valence-corrected chi connectivity index (χ1v) is 6.21. The molecular formula is C12H15BrN2O2. The van der Waals surface area contributed by atoms with Gasteiger partial charge in [-0.3, -0.25) is 4.79 Å². The minimum atomic E-state index is -0.116. The number of hydrogen-bond donors (Lipinski definition) is 1. The standard InChI is InChI=1S/C12H15BrN2O2/c1-15(11-4-2-10(13)3-5-11)12(6-14-9-16)7-17-8-12/h2-5,9H,6-8H2,1H3,(H,14,16). The highest BCUT2D eigenvalue weighted by Crippen LogP contribution is 2.29. The molecule has 0 unspecified atom stereocenters. The van der Waals surface area contributed by atoms with Crippen LogP contribution in [0.15, 0.2) is 28.7 Å². The molecule has 0 spiro atoms. The number of carbonyl (C=O) groups is 1. The molecule has 92 valence electrons. The third kappa shape index (κ3) is 2.45. The average Bonchev–Trinajstić information content (AvgIpc) is 2.28. The molecule has 1 aromatic rings. The van der Waals surface area contributed by atoms with Crippen LogP contribution in [0.2, 0.25) is 0 Å². The zero-order valence-corrected chi connectivity index (χ0v) is 11.2. The highest BCUT2D eigenvalue weighted by Gasteiger charge is 2.42. The lowest BCUT2D eigenvalue weighted by molar-refractivity contribution is -0.111. The molecule has 5 heteroatoms. The highest BCUT2D eigenvalue weighted by atomic mass is 79.9. The number of nitrogens with one attached hydrogen (secondary N) is 1. The van der Waals surface area contributed by atoms with Gasteiger partial charge >= 0.3 is 0 Å². The third-order valence-corrected chi connectivity index (χ3v) is 3.71. The van der Waals surface area contributed by atoms with Crippen LogP contribution in [0.1, 0.15) is 0 Å². The summed E-state index contributed by atoms with van der Waals surface area (Å²) < 4.78 is 6.35. The molecular weight excluding hydrogens is 284 g/mol. The summed E-state index contributed by atoms with van der Waals surface area (Å²) >= 11 is 3.42. The van der Waals surface area contributed by atoms with E-state index in [0.717, 1.165) is 16.6 Å². The molecule has 0 aromatic heterocycles. The number of anilines is 1. The summed E-state index contributed by atoms with van der Waals surface area (Å²) in [5, 5.41) is 2.74. The van der Waals surface area contributed by atoms with Gasteiger partial charge in [-0.15, -0.1) is 0 Å². The van der Waals surface area contributed by atoms with Crippen molar-refractivity contribution in [1.29, 1.82) is 0 Å². The van der Waals surface area contributed by atoms with E-state index in [-0.39, 0.29) is 5.54 Å². The second-order valence-electron chi connectivity index (χ2n) is 4.25. The Hall–Kier alpha value is -1.07. The zero-order valence-electron chi connectivity index (χ0n) is 9.65. The van der Waals surface area contributed by atoms with Crippen molar-refractivity contribution in [3.8, 4) is 0 Å². The normalized spacial score (nSPS) is 17.1. The van der Waals surface area contributed by atoms with Crippen molar-refractivity contribution in [3.63, 3.8) is 0 Å². The lowest BCUT2D eigenvalue weighted by Gasteiger charge is -2.49. The van der Waals surface area contributed by atoms with E-state index in [1.54, 1.807) is 0 Å². The number of benzene rings is 1.